The summed E-state index contributed by atoms with van der Waals surface area (Å²) in [6.07, 6.45) is 15.4. The van der Waals surface area contributed by atoms with E-state index in [0.29, 0.717) is 5.60 Å². The maximum Gasteiger partial charge on any atom is 0.0685 e. The van der Waals surface area contributed by atoms with E-state index >= 15 is 0 Å². The van der Waals surface area contributed by atoms with Crippen LogP contribution in [0.1, 0.15) is 70.6 Å². The summed E-state index contributed by atoms with van der Waals surface area (Å²) in [7, 11) is 0. The van der Waals surface area contributed by atoms with Gasteiger partial charge in [0.25, 0.3) is 0 Å². The molecule has 0 aromatic carbocycles. The van der Waals surface area contributed by atoms with Gasteiger partial charge < -0.3 is 4.74 Å². The van der Waals surface area contributed by atoms with Gasteiger partial charge >= 0.3 is 0 Å². The highest BCUT2D eigenvalue weighted by atomic mass is 79.9. The second-order valence-electron chi connectivity index (χ2n) is 6.87. The van der Waals surface area contributed by atoms with E-state index in [2.05, 4.69) is 15.9 Å². The van der Waals surface area contributed by atoms with Crippen molar-refractivity contribution in [3.05, 3.63) is 0 Å². The Labute approximate surface area is 120 Å². The van der Waals surface area contributed by atoms with Gasteiger partial charge in [-0.3, -0.25) is 0 Å². The van der Waals surface area contributed by atoms with Gasteiger partial charge in [0.2, 0.25) is 0 Å². The maximum atomic E-state index is 6.19. The summed E-state index contributed by atoms with van der Waals surface area (Å²) in [4.78, 5) is 0.785. The van der Waals surface area contributed by atoms with E-state index in [4.69, 9.17) is 4.74 Å². The van der Waals surface area contributed by atoms with Crippen LogP contribution in [0, 0.1) is 11.8 Å². The molecule has 104 valence electrons. The lowest BCUT2D eigenvalue weighted by molar-refractivity contribution is -0.102. The Balaban J connectivity index is 1.63. The molecule has 1 aliphatic heterocycles. The Morgan fingerprint density at radius 2 is 1.67 bits per heavy atom. The fraction of sp³-hybridized carbons (Fsp3) is 1.00. The van der Waals surface area contributed by atoms with Crippen molar-refractivity contribution in [3.8, 4) is 0 Å². The molecule has 0 amide bonds. The topological polar surface area (TPSA) is 9.23 Å². The zero-order chi connectivity index (χ0) is 12.4. The molecule has 2 saturated carbocycles. The zero-order valence-electron chi connectivity index (χ0n) is 11.5. The Bertz CT molecular complexity index is 272. The predicted octanol–water partition coefficient (Wildman–Crippen LogP) is 5.07. The molecule has 0 aromatic heterocycles. The monoisotopic (exact) mass is 314 g/mol. The van der Waals surface area contributed by atoms with Crippen LogP contribution >= 0.6 is 15.9 Å². The van der Waals surface area contributed by atoms with E-state index in [9.17, 15) is 0 Å². The molecule has 0 aromatic rings. The lowest BCUT2D eigenvalue weighted by Crippen LogP contribution is -2.39. The number of halogens is 1. The molecule has 3 aliphatic rings. The molecule has 1 spiro atoms. The number of rotatable bonds is 1. The number of ether oxygens (including phenoxy) is 1. The third-order valence-corrected chi connectivity index (χ3v) is 6.44. The molecule has 2 aliphatic carbocycles. The van der Waals surface area contributed by atoms with Crippen molar-refractivity contribution in [1.29, 1.82) is 0 Å². The van der Waals surface area contributed by atoms with Crippen LogP contribution in [-0.4, -0.2) is 17.0 Å². The second kappa shape index (κ2) is 5.83. The molecule has 3 unspecified atom stereocenters. The molecule has 0 bridgehead atoms. The number of hydrogen-bond acceptors (Lipinski definition) is 1. The number of alkyl halides is 1. The SMILES string of the molecule is BrC1CCCCC(C2CCOC3(CCCC3)C2)C1. The zero-order valence-corrected chi connectivity index (χ0v) is 13.1. The van der Waals surface area contributed by atoms with Crippen molar-refractivity contribution in [2.45, 2.75) is 81.1 Å². The summed E-state index contributed by atoms with van der Waals surface area (Å²) in [6.45, 7) is 1.04. The summed E-state index contributed by atoms with van der Waals surface area (Å²) in [6, 6.07) is 0. The van der Waals surface area contributed by atoms with Crippen LogP contribution in [0.3, 0.4) is 0 Å². The Morgan fingerprint density at radius 3 is 2.50 bits per heavy atom. The van der Waals surface area contributed by atoms with E-state index in [1.165, 1.54) is 70.6 Å². The van der Waals surface area contributed by atoms with Crippen LogP contribution in [0.2, 0.25) is 0 Å². The molecule has 3 fully saturated rings. The first kappa shape index (κ1) is 13.4. The van der Waals surface area contributed by atoms with Crippen LogP contribution in [0.5, 0.6) is 0 Å². The summed E-state index contributed by atoms with van der Waals surface area (Å²) in [5, 5.41) is 0. The smallest absolute Gasteiger partial charge is 0.0685 e. The molecular formula is C16H27BrO. The first-order valence-corrected chi connectivity index (χ1v) is 8.97. The highest BCUT2D eigenvalue weighted by Gasteiger charge is 2.42. The third-order valence-electron chi connectivity index (χ3n) is 5.61. The van der Waals surface area contributed by atoms with Crippen molar-refractivity contribution < 1.29 is 4.74 Å². The molecule has 1 heterocycles. The van der Waals surface area contributed by atoms with E-state index < -0.39 is 0 Å². The van der Waals surface area contributed by atoms with Crippen molar-refractivity contribution >= 4 is 15.9 Å². The van der Waals surface area contributed by atoms with Gasteiger partial charge in [-0.1, -0.05) is 48.0 Å². The van der Waals surface area contributed by atoms with Crippen molar-refractivity contribution in [3.63, 3.8) is 0 Å². The van der Waals surface area contributed by atoms with Crippen LogP contribution in [-0.2, 0) is 4.74 Å². The first-order valence-electron chi connectivity index (χ1n) is 8.05. The second-order valence-corrected chi connectivity index (χ2v) is 8.16. The molecule has 3 atom stereocenters. The summed E-state index contributed by atoms with van der Waals surface area (Å²) >= 11 is 3.89. The Hall–Kier alpha value is 0.440. The minimum absolute atomic E-state index is 0.316. The van der Waals surface area contributed by atoms with Crippen molar-refractivity contribution in [1.82, 2.24) is 0 Å². The highest BCUT2D eigenvalue weighted by Crippen LogP contribution is 2.46. The van der Waals surface area contributed by atoms with E-state index in [0.717, 1.165) is 23.3 Å². The van der Waals surface area contributed by atoms with Gasteiger partial charge in [-0.2, -0.15) is 0 Å². The van der Waals surface area contributed by atoms with Gasteiger partial charge in [-0.15, -0.1) is 0 Å². The standard InChI is InChI=1S/C16H27BrO/c17-15-6-2-1-5-13(11-15)14-7-10-18-16(12-14)8-3-4-9-16/h13-15H,1-12H2. The van der Waals surface area contributed by atoms with Gasteiger partial charge in [0.1, 0.15) is 0 Å². The molecule has 2 heteroatoms. The minimum atomic E-state index is 0.316. The fourth-order valence-electron chi connectivity index (χ4n) is 4.60. The summed E-state index contributed by atoms with van der Waals surface area (Å²) < 4.78 is 6.19. The minimum Gasteiger partial charge on any atom is -0.375 e. The van der Waals surface area contributed by atoms with Gasteiger partial charge in [0, 0.05) is 11.4 Å². The van der Waals surface area contributed by atoms with E-state index in [-0.39, 0.29) is 0 Å². The van der Waals surface area contributed by atoms with Gasteiger partial charge in [0.05, 0.1) is 5.60 Å². The number of hydrogen-bond donors (Lipinski definition) is 0. The lowest BCUT2D eigenvalue weighted by Gasteiger charge is -2.41. The van der Waals surface area contributed by atoms with E-state index in [1.54, 1.807) is 0 Å². The Morgan fingerprint density at radius 1 is 0.889 bits per heavy atom. The average Bonchev–Trinajstić information content (AvgIpc) is 2.69. The molecule has 1 saturated heterocycles. The lowest BCUT2D eigenvalue weighted by atomic mass is 9.75. The van der Waals surface area contributed by atoms with Gasteiger partial charge in [-0.05, 0) is 50.4 Å². The summed E-state index contributed by atoms with van der Waals surface area (Å²) in [5.74, 6) is 1.92. The average molecular weight is 315 g/mol. The largest absolute Gasteiger partial charge is 0.375 e. The molecular weight excluding hydrogens is 288 g/mol. The van der Waals surface area contributed by atoms with E-state index in [1.807, 2.05) is 0 Å². The molecule has 18 heavy (non-hydrogen) atoms. The first-order chi connectivity index (χ1) is 8.77. The van der Waals surface area contributed by atoms with Crippen molar-refractivity contribution in [2.24, 2.45) is 11.8 Å². The van der Waals surface area contributed by atoms with Crippen molar-refractivity contribution in [2.75, 3.05) is 6.61 Å². The van der Waals surface area contributed by atoms with Crippen LogP contribution in [0.15, 0.2) is 0 Å². The quantitative estimate of drug-likeness (QED) is 0.485. The summed E-state index contributed by atoms with van der Waals surface area (Å²) in [5.41, 5.74) is 0.316. The molecule has 0 radical (unpaired) electrons. The predicted molar refractivity (Wildman–Crippen MR) is 79.2 cm³/mol. The van der Waals surface area contributed by atoms with Crippen LogP contribution in [0.25, 0.3) is 0 Å². The highest BCUT2D eigenvalue weighted by molar-refractivity contribution is 9.09. The molecule has 3 rings (SSSR count). The van der Waals surface area contributed by atoms with Crippen LogP contribution < -0.4 is 0 Å². The third kappa shape index (κ3) is 2.95. The Kier molecular flexibility index (Phi) is 4.35. The normalized spacial score (nSPS) is 40.8. The van der Waals surface area contributed by atoms with Crippen LogP contribution in [0.4, 0.5) is 0 Å². The molecule has 0 N–H and O–H groups in total. The maximum absolute atomic E-state index is 6.19. The molecule has 1 nitrogen and oxygen atoms in total. The van der Waals surface area contributed by atoms with Gasteiger partial charge in [-0.25, -0.2) is 0 Å². The fourth-order valence-corrected chi connectivity index (χ4v) is 5.40. The van der Waals surface area contributed by atoms with Gasteiger partial charge in [0.15, 0.2) is 0 Å².